The summed E-state index contributed by atoms with van der Waals surface area (Å²) in [4.78, 5) is 48.3. The number of ether oxygens (including phenoxy) is 1. The molecule has 2 N–H and O–H groups in total. The molecule has 1 atom stereocenters. The van der Waals surface area contributed by atoms with Gasteiger partial charge in [-0.3, -0.25) is 23.9 Å². The summed E-state index contributed by atoms with van der Waals surface area (Å²) >= 11 is 0. The fraction of sp³-hybridized carbons (Fsp3) is 0.625. The minimum Gasteiger partial charge on any atom is -0.451 e. The highest BCUT2D eigenvalue weighted by molar-refractivity contribution is 5.83. The molecule has 1 aliphatic rings. The van der Waals surface area contributed by atoms with E-state index in [0.29, 0.717) is 12.5 Å². The van der Waals surface area contributed by atoms with Crippen molar-refractivity contribution in [3.05, 3.63) is 33.1 Å². The van der Waals surface area contributed by atoms with Crippen LogP contribution < -0.4 is 16.6 Å². The molecule has 2 rings (SSSR count). The average Bonchev–Trinajstić information content (AvgIpc) is 2.56. The molecule has 0 saturated heterocycles. The summed E-state index contributed by atoms with van der Waals surface area (Å²) in [6, 6.07) is 1.13. The second kappa shape index (κ2) is 8.47. The summed E-state index contributed by atoms with van der Waals surface area (Å²) in [7, 11) is 0. The van der Waals surface area contributed by atoms with E-state index in [1.165, 1.54) is 32.4 Å². The van der Waals surface area contributed by atoms with Gasteiger partial charge >= 0.3 is 11.7 Å². The van der Waals surface area contributed by atoms with Crippen LogP contribution in [0.2, 0.25) is 0 Å². The predicted molar refractivity (Wildman–Crippen MR) is 86.5 cm³/mol. The highest BCUT2D eigenvalue weighted by Crippen LogP contribution is 2.22. The van der Waals surface area contributed by atoms with Crippen LogP contribution in [0.5, 0.6) is 0 Å². The molecule has 132 valence electrons. The van der Waals surface area contributed by atoms with E-state index >= 15 is 0 Å². The molecular formula is C16H23N3O5. The maximum Gasteiger partial charge on any atom is 0.328 e. The van der Waals surface area contributed by atoms with E-state index in [2.05, 4.69) is 5.32 Å². The average molecular weight is 337 g/mol. The van der Waals surface area contributed by atoms with Gasteiger partial charge in [0.15, 0.2) is 6.10 Å². The fourth-order valence-corrected chi connectivity index (χ4v) is 2.78. The lowest BCUT2D eigenvalue weighted by Gasteiger charge is -2.22. The molecule has 0 aliphatic heterocycles. The Labute approximate surface area is 139 Å². The van der Waals surface area contributed by atoms with Crippen LogP contribution in [0.15, 0.2) is 21.9 Å². The Morgan fingerprint density at radius 3 is 2.71 bits per heavy atom. The van der Waals surface area contributed by atoms with Gasteiger partial charge in [-0.1, -0.05) is 19.3 Å². The number of carbonyl (C=O) groups excluding carboxylic acids is 2. The molecule has 1 amide bonds. The molecule has 0 aromatic carbocycles. The van der Waals surface area contributed by atoms with E-state index in [-0.39, 0.29) is 12.5 Å². The number of hydrogen-bond acceptors (Lipinski definition) is 5. The van der Waals surface area contributed by atoms with E-state index < -0.39 is 23.3 Å². The number of aromatic amines is 1. The summed E-state index contributed by atoms with van der Waals surface area (Å²) in [5, 5.41) is 2.81. The van der Waals surface area contributed by atoms with E-state index in [9.17, 15) is 19.2 Å². The third kappa shape index (κ3) is 5.36. The molecule has 1 aromatic rings. The zero-order valence-corrected chi connectivity index (χ0v) is 13.7. The highest BCUT2D eigenvalue weighted by Gasteiger charge is 2.20. The zero-order chi connectivity index (χ0) is 17.5. The van der Waals surface area contributed by atoms with Crippen molar-refractivity contribution in [1.29, 1.82) is 0 Å². The Balaban J connectivity index is 1.78. The van der Waals surface area contributed by atoms with Crippen LogP contribution in [0, 0.1) is 5.92 Å². The van der Waals surface area contributed by atoms with E-state index in [1.807, 2.05) is 4.98 Å². The fourth-order valence-electron chi connectivity index (χ4n) is 2.78. The van der Waals surface area contributed by atoms with Gasteiger partial charge in [-0.15, -0.1) is 0 Å². The van der Waals surface area contributed by atoms with Crippen molar-refractivity contribution in [2.45, 2.75) is 51.7 Å². The van der Waals surface area contributed by atoms with Crippen LogP contribution in [-0.2, 0) is 20.9 Å². The molecule has 0 bridgehead atoms. The van der Waals surface area contributed by atoms with Gasteiger partial charge in [0.1, 0.15) is 6.54 Å². The van der Waals surface area contributed by atoms with Gasteiger partial charge in [-0.25, -0.2) is 4.79 Å². The van der Waals surface area contributed by atoms with E-state index in [4.69, 9.17) is 4.74 Å². The molecule has 1 saturated carbocycles. The lowest BCUT2D eigenvalue weighted by molar-refractivity contribution is -0.155. The van der Waals surface area contributed by atoms with Crippen LogP contribution in [-0.4, -0.2) is 34.1 Å². The molecule has 1 heterocycles. The van der Waals surface area contributed by atoms with Crippen molar-refractivity contribution in [3.8, 4) is 0 Å². The van der Waals surface area contributed by atoms with Gasteiger partial charge in [-0.05, 0) is 25.7 Å². The van der Waals surface area contributed by atoms with Crippen LogP contribution in [0.25, 0.3) is 0 Å². The Morgan fingerprint density at radius 1 is 1.33 bits per heavy atom. The van der Waals surface area contributed by atoms with Gasteiger partial charge < -0.3 is 10.1 Å². The normalized spacial score (nSPS) is 16.4. The van der Waals surface area contributed by atoms with Crippen LogP contribution in [0.4, 0.5) is 0 Å². The number of aromatic nitrogens is 2. The van der Waals surface area contributed by atoms with Gasteiger partial charge in [0.25, 0.3) is 11.5 Å². The molecular weight excluding hydrogens is 314 g/mol. The van der Waals surface area contributed by atoms with E-state index in [1.54, 1.807) is 0 Å². The van der Waals surface area contributed by atoms with Crippen LogP contribution >= 0.6 is 0 Å². The van der Waals surface area contributed by atoms with Crippen molar-refractivity contribution >= 4 is 11.9 Å². The SMILES string of the molecule is C[C@H](OC(=O)Cn1ccc(=O)[nH]c1=O)C(=O)NCC1CCCCC1. The third-order valence-electron chi connectivity index (χ3n) is 4.16. The monoisotopic (exact) mass is 337 g/mol. The molecule has 0 spiro atoms. The molecule has 0 radical (unpaired) electrons. The lowest BCUT2D eigenvalue weighted by atomic mass is 9.89. The van der Waals surface area contributed by atoms with Gasteiger partial charge in [-0.2, -0.15) is 0 Å². The number of nitrogens with one attached hydrogen (secondary N) is 2. The maximum atomic E-state index is 12.0. The third-order valence-corrected chi connectivity index (χ3v) is 4.16. The number of esters is 1. The quantitative estimate of drug-likeness (QED) is 0.719. The van der Waals surface area contributed by atoms with Crippen molar-refractivity contribution < 1.29 is 14.3 Å². The first-order valence-electron chi connectivity index (χ1n) is 8.22. The van der Waals surface area contributed by atoms with Crippen molar-refractivity contribution in [2.24, 2.45) is 5.92 Å². The number of amides is 1. The molecule has 24 heavy (non-hydrogen) atoms. The Kier molecular flexibility index (Phi) is 6.34. The zero-order valence-electron chi connectivity index (χ0n) is 13.7. The van der Waals surface area contributed by atoms with E-state index in [0.717, 1.165) is 23.5 Å². The first kappa shape index (κ1) is 18.0. The molecule has 8 heteroatoms. The number of nitrogens with zero attached hydrogens (tertiary/aromatic N) is 1. The Bertz CT molecular complexity index is 687. The second-order valence-electron chi connectivity index (χ2n) is 6.12. The Hall–Kier alpha value is -2.38. The number of H-pyrrole nitrogens is 1. The molecule has 1 aliphatic carbocycles. The first-order valence-corrected chi connectivity index (χ1v) is 8.22. The smallest absolute Gasteiger partial charge is 0.328 e. The first-order chi connectivity index (χ1) is 11.5. The van der Waals surface area contributed by atoms with Crippen molar-refractivity contribution in [2.75, 3.05) is 6.54 Å². The standard InChI is InChI=1S/C16H23N3O5/c1-11(15(22)17-9-12-5-3-2-4-6-12)24-14(21)10-19-8-7-13(20)18-16(19)23/h7-8,11-12H,2-6,9-10H2,1H3,(H,17,22)(H,18,20,23)/t11-/m0/s1. The summed E-state index contributed by atoms with van der Waals surface area (Å²) < 4.78 is 6.05. The van der Waals surface area contributed by atoms with Crippen LogP contribution in [0.1, 0.15) is 39.0 Å². The molecule has 1 aromatic heterocycles. The number of carbonyl (C=O) groups is 2. The summed E-state index contributed by atoms with van der Waals surface area (Å²) in [5.41, 5.74) is -1.24. The molecule has 0 unspecified atom stereocenters. The maximum absolute atomic E-state index is 12.0. The van der Waals surface area contributed by atoms with Gasteiger partial charge in [0.05, 0.1) is 0 Å². The highest BCUT2D eigenvalue weighted by atomic mass is 16.5. The number of hydrogen-bond donors (Lipinski definition) is 2. The van der Waals surface area contributed by atoms with Gasteiger partial charge in [0.2, 0.25) is 0 Å². The summed E-state index contributed by atoms with van der Waals surface area (Å²) in [6.45, 7) is 1.72. The van der Waals surface area contributed by atoms with Crippen molar-refractivity contribution in [3.63, 3.8) is 0 Å². The summed E-state index contributed by atoms with van der Waals surface area (Å²) in [6.07, 6.45) is 6.14. The number of rotatable bonds is 6. The summed E-state index contributed by atoms with van der Waals surface area (Å²) in [5.74, 6) is -0.572. The molecule has 8 nitrogen and oxygen atoms in total. The second-order valence-corrected chi connectivity index (χ2v) is 6.12. The van der Waals surface area contributed by atoms with Crippen molar-refractivity contribution in [1.82, 2.24) is 14.9 Å². The largest absolute Gasteiger partial charge is 0.451 e. The minimum atomic E-state index is -0.931. The van der Waals surface area contributed by atoms with Crippen LogP contribution in [0.3, 0.4) is 0 Å². The van der Waals surface area contributed by atoms with Gasteiger partial charge in [0, 0.05) is 18.8 Å². The minimum absolute atomic E-state index is 0.345. The lowest BCUT2D eigenvalue weighted by Crippen LogP contribution is -2.40. The topological polar surface area (TPSA) is 110 Å². The predicted octanol–water partition coefficient (Wildman–Crippen LogP) is 0.165. The molecule has 1 fully saturated rings. The Morgan fingerprint density at radius 2 is 2.04 bits per heavy atom.